The molecule has 1 amide bonds. The molecule has 0 saturated heterocycles. The highest BCUT2D eigenvalue weighted by molar-refractivity contribution is 5.76. The molecule has 0 radical (unpaired) electrons. The van der Waals surface area contributed by atoms with Crippen LogP contribution in [0.1, 0.15) is 64.0 Å². The number of carbonyl (C=O) groups is 1. The Morgan fingerprint density at radius 3 is 2.60 bits per heavy atom. The zero-order valence-corrected chi connectivity index (χ0v) is 13.2. The Labute approximate surface area is 124 Å². The molecular formula is C18H29NO. The van der Waals surface area contributed by atoms with Gasteiger partial charge < -0.3 is 5.32 Å². The van der Waals surface area contributed by atoms with E-state index in [1.807, 2.05) is 0 Å². The SMILES string of the molecule is CCCCC(CC)CC(=O)NCc1cccc(CC)c1. The van der Waals surface area contributed by atoms with Crippen LogP contribution in [0.3, 0.4) is 0 Å². The Morgan fingerprint density at radius 2 is 1.95 bits per heavy atom. The Bertz CT molecular complexity index is 400. The van der Waals surface area contributed by atoms with E-state index < -0.39 is 0 Å². The van der Waals surface area contributed by atoms with Gasteiger partial charge in [-0.1, -0.05) is 64.3 Å². The van der Waals surface area contributed by atoms with Crippen LogP contribution in [0.2, 0.25) is 0 Å². The van der Waals surface area contributed by atoms with Crippen LogP contribution in [0.4, 0.5) is 0 Å². The molecule has 1 atom stereocenters. The summed E-state index contributed by atoms with van der Waals surface area (Å²) in [6.45, 7) is 7.18. The molecule has 0 saturated carbocycles. The van der Waals surface area contributed by atoms with Crippen molar-refractivity contribution < 1.29 is 4.79 Å². The Morgan fingerprint density at radius 1 is 1.20 bits per heavy atom. The summed E-state index contributed by atoms with van der Waals surface area (Å²) in [5.74, 6) is 0.729. The second-order valence-corrected chi connectivity index (χ2v) is 5.57. The Hall–Kier alpha value is -1.31. The van der Waals surface area contributed by atoms with Gasteiger partial charge in [0.1, 0.15) is 0 Å². The molecule has 2 heteroatoms. The molecule has 112 valence electrons. The van der Waals surface area contributed by atoms with Crippen LogP contribution in [0, 0.1) is 5.92 Å². The van der Waals surface area contributed by atoms with Crippen molar-refractivity contribution in [3.8, 4) is 0 Å². The van der Waals surface area contributed by atoms with Crippen LogP contribution in [-0.2, 0) is 17.8 Å². The van der Waals surface area contributed by atoms with Gasteiger partial charge in [-0.25, -0.2) is 0 Å². The minimum atomic E-state index is 0.190. The summed E-state index contributed by atoms with van der Waals surface area (Å²) >= 11 is 0. The second kappa shape index (κ2) is 9.57. The first-order valence-corrected chi connectivity index (χ1v) is 8.04. The fraction of sp³-hybridized carbons (Fsp3) is 0.611. The quantitative estimate of drug-likeness (QED) is 0.707. The van der Waals surface area contributed by atoms with E-state index in [4.69, 9.17) is 0 Å². The maximum Gasteiger partial charge on any atom is 0.220 e. The van der Waals surface area contributed by atoms with Crippen molar-refractivity contribution in [2.24, 2.45) is 5.92 Å². The summed E-state index contributed by atoms with van der Waals surface area (Å²) in [4.78, 5) is 12.0. The third kappa shape index (κ3) is 6.23. The van der Waals surface area contributed by atoms with E-state index in [0.29, 0.717) is 18.9 Å². The normalized spacial score (nSPS) is 12.2. The lowest BCUT2D eigenvalue weighted by Crippen LogP contribution is -2.25. The van der Waals surface area contributed by atoms with Gasteiger partial charge in [-0.3, -0.25) is 4.79 Å². The second-order valence-electron chi connectivity index (χ2n) is 5.57. The lowest BCUT2D eigenvalue weighted by atomic mass is 9.95. The number of rotatable bonds is 9. The molecule has 0 aromatic heterocycles. The van der Waals surface area contributed by atoms with Crippen molar-refractivity contribution >= 4 is 5.91 Å². The third-order valence-electron chi connectivity index (χ3n) is 3.91. The molecule has 1 aromatic rings. The summed E-state index contributed by atoms with van der Waals surface area (Å²) in [5, 5.41) is 3.05. The van der Waals surface area contributed by atoms with Crippen LogP contribution in [0.15, 0.2) is 24.3 Å². The molecular weight excluding hydrogens is 246 g/mol. The number of unbranched alkanes of at least 4 members (excludes halogenated alkanes) is 1. The maximum atomic E-state index is 12.0. The van der Waals surface area contributed by atoms with Gasteiger partial charge in [0, 0.05) is 13.0 Å². The van der Waals surface area contributed by atoms with E-state index in [1.54, 1.807) is 0 Å². The molecule has 0 bridgehead atoms. The lowest BCUT2D eigenvalue weighted by Gasteiger charge is -2.14. The van der Waals surface area contributed by atoms with Crippen LogP contribution >= 0.6 is 0 Å². The van der Waals surface area contributed by atoms with Crippen molar-refractivity contribution in [3.63, 3.8) is 0 Å². The van der Waals surface area contributed by atoms with Gasteiger partial charge in [-0.2, -0.15) is 0 Å². The minimum Gasteiger partial charge on any atom is -0.352 e. The standard InChI is InChI=1S/C18H29NO/c1-4-7-9-16(6-3)13-18(20)19-14-17-11-8-10-15(5-2)12-17/h8,10-12,16H,4-7,9,13-14H2,1-3H3,(H,19,20). The van der Waals surface area contributed by atoms with Crippen molar-refractivity contribution in [2.75, 3.05) is 0 Å². The van der Waals surface area contributed by atoms with Crippen molar-refractivity contribution in [1.82, 2.24) is 5.32 Å². The molecule has 0 heterocycles. The Balaban J connectivity index is 2.38. The molecule has 1 N–H and O–H groups in total. The highest BCUT2D eigenvalue weighted by Gasteiger charge is 2.11. The number of carbonyl (C=O) groups excluding carboxylic acids is 1. The molecule has 0 aliphatic rings. The third-order valence-corrected chi connectivity index (χ3v) is 3.91. The molecule has 1 rings (SSSR count). The van der Waals surface area contributed by atoms with Gasteiger partial charge in [0.05, 0.1) is 0 Å². The van der Waals surface area contributed by atoms with Crippen molar-refractivity contribution in [3.05, 3.63) is 35.4 Å². The highest BCUT2D eigenvalue weighted by atomic mass is 16.1. The number of hydrogen-bond acceptors (Lipinski definition) is 1. The number of nitrogens with one attached hydrogen (secondary N) is 1. The van der Waals surface area contributed by atoms with Crippen LogP contribution in [0.25, 0.3) is 0 Å². The predicted octanol–water partition coefficient (Wildman–Crippen LogP) is 4.47. The van der Waals surface area contributed by atoms with E-state index in [2.05, 4.69) is 50.4 Å². The summed E-state index contributed by atoms with van der Waals surface area (Å²) < 4.78 is 0. The Kier molecular flexibility index (Phi) is 8.01. The van der Waals surface area contributed by atoms with Gasteiger partial charge in [0.25, 0.3) is 0 Å². The smallest absolute Gasteiger partial charge is 0.220 e. The predicted molar refractivity (Wildman–Crippen MR) is 85.6 cm³/mol. The molecule has 20 heavy (non-hydrogen) atoms. The summed E-state index contributed by atoms with van der Waals surface area (Å²) in [5.41, 5.74) is 2.52. The molecule has 0 spiro atoms. The van der Waals surface area contributed by atoms with Crippen LogP contribution in [0.5, 0.6) is 0 Å². The van der Waals surface area contributed by atoms with Gasteiger partial charge in [0.2, 0.25) is 5.91 Å². The van der Waals surface area contributed by atoms with E-state index in [9.17, 15) is 4.79 Å². The van der Waals surface area contributed by atoms with E-state index in [1.165, 1.54) is 30.4 Å². The minimum absolute atomic E-state index is 0.190. The molecule has 0 aliphatic heterocycles. The zero-order valence-electron chi connectivity index (χ0n) is 13.2. The van der Waals surface area contributed by atoms with E-state index >= 15 is 0 Å². The average molecular weight is 275 g/mol. The van der Waals surface area contributed by atoms with Gasteiger partial charge in [-0.15, -0.1) is 0 Å². The molecule has 1 unspecified atom stereocenters. The maximum absolute atomic E-state index is 12.0. The number of hydrogen-bond donors (Lipinski definition) is 1. The van der Waals surface area contributed by atoms with E-state index in [-0.39, 0.29) is 5.91 Å². The van der Waals surface area contributed by atoms with E-state index in [0.717, 1.165) is 12.8 Å². The monoisotopic (exact) mass is 275 g/mol. The fourth-order valence-electron chi connectivity index (χ4n) is 2.44. The lowest BCUT2D eigenvalue weighted by molar-refractivity contribution is -0.122. The first-order chi connectivity index (χ1) is 9.69. The summed E-state index contributed by atoms with van der Waals surface area (Å²) in [7, 11) is 0. The van der Waals surface area contributed by atoms with Crippen LogP contribution in [-0.4, -0.2) is 5.91 Å². The average Bonchev–Trinajstić information content (AvgIpc) is 2.49. The number of amides is 1. The molecule has 2 nitrogen and oxygen atoms in total. The fourth-order valence-corrected chi connectivity index (χ4v) is 2.44. The number of benzene rings is 1. The van der Waals surface area contributed by atoms with Gasteiger partial charge in [-0.05, 0) is 29.9 Å². The van der Waals surface area contributed by atoms with Gasteiger partial charge in [0.15, 0.2) is 0 Å². The summed E-state index contributed by atoms with van der Waals surface area (Å²) in [6, 6.07) is 8.45. The highest BCUT2D eigenvalue weighted by Crippen LogP contribution is 2.16. The molecule has 0 fully saturated rings. The summed E-state index contributed by atoms with van der Waals surface area (Å²) in [6.07, 6.45) is 6.41. The van der Waals surface area contributed by atoms with Crippen molar-refractivity contribution in [2.45, 2.75) is 65.8 Å². The molecule has 1 aromatic carbocycles. The topological polar surface area (TPSA) is 29.1 Å². The van der Waals surface area contributed by atoms with Crippen molar-refractivity contribution in [1.29, 1.82) is 0 Å². The van der Waals surface area contributed by atoms with Gasteiger partial charge >= 0.3 is 0 Å². The first kappa shape index (κ1) is 16.7. The zero-order chi connectivity index (χ0) is 14.8. The largest absolute Gasteiger partial charge is 0.352 e. The van der Waals surface area contributed by atoms with Crippen LogP contribution < -0.4 is 5.32 Å². The number of aryl methyl sites for hydroxylation is 1. The molecule has 0 aliphatic carbocycles. The first-order valence-electron chi connectivity index (χ1n) is 8.04.